The van der Waals surface area contributed by atoms with Crippen LogP contribution in [0.1, 0.15) is 23.0 Å². The van der Waals surface area contributed by atoms with Crippen molar-refractivity contribution in [2.75, 3.05) is 0 Å². The highest BCUT2D eigenvalue weighted by Gasteiger charge is 2.34. The molecule has 1 aromatic carbocycles. The van der Waals surface area contributed by atoms with Gasteiger partial charge in [-0.25, -0.2) is 0 Å². The van der Waals surface area contributed by atoms with Gasteiger partial charge in [-0.05, 0) is 25.1 Å². The fourth-order valence-electron chi connectivity index (χ4n) is 2.75. The van der Waals surface area contributed by atoms with E-state index >= 15 is 0 Å². The third-order valence-corrected chi connectivity index (χ3v) is 5.24. The van der Waals surface area contributed by atoms with Gasteiger partial charge < -0.3 is 15.5 Å². The number of alkyl halides is 3. The second kappa shape index (κ2) is 7.44. The maximum absolute atomic E-state index is 12.9. The fraction of sp³-hybridized carbons (Fsp3) is 0.222. The van der Waals surface area contributed by atoms with Crippen LogP contribution in [0.25, 0.3) is 21.3 Å². The highest BCUT2D eigenvalue weighted by molar-refractivity contribution is 7.16. The highest BCUT2D eigenvalue weighted by Crippen LogP contribution is 2.35. The first-order valence-corrected chi connectivity index (χ1v) is 9.17. The summed E-state index contributed by atoms with van der Waals surface area (Å²) in [6.07, 6.45) is -4.62. The summed E-state index contributed by atoms with van der Waals surface area (Å²) in [7, 11) is 1.34. The van der Waals surface area contributed by atoms with Gasteiger partial charge in [0.15, 0.2) is 5.69 Å². The van der Waals surface area contributed by atoms with Gasteiger partial charge in [-0.2, -0.15) is 18.3 Å². The van der Waals surface area contributed by atoms with Gasteiger partial charge >= 0.3 is 12.1 Å². The van der Waals surface area contributed by atoms with Gasteiger partial charge in [-0.3, -0.25) is 19.1 Å². The molecule has 0 spiro atoms. The number of amides is 1. The van der Waals surface area contributed by atoms with Crippen LogP contribution < -0.4 is 10.1 Å². The van der Waals surface area contributed by atoms with Gasteiger partial charge in [0, 0.05) is 22.7 Å². The van der Waals surface area contributed by atoms with Gasteiger partial charge in [0.05, 0.1) is 5.69 Å². The number of aliphatic carboxylic acids is 1. The van der Waals surface area contributed by atoms with Gasteiger partial charge in [-0.15, -0.1) is 0 Å². The Bertz CT molecular complexity index is 1230. The number of aromatic nitrogens is 2. The van der Waals surface area contributed by atoms with Crippen LogP contribution >= 0.6 is 11.3 Å². The first kappa shape index (κ1) is 21.3. The summed E-state index contributed by atoms with van der Waals surface area (Å²) in [6.45, 7) is 1.20. The molecule has 0 saturated carbocycles. The van der Waals surface area contributed by atoms with E-state index < -0.39 is 45.8 Å². The number of nitrogens with one attached hydrogen (secondary N) is 1. The molecule has 8 nitrogen and oxygen atoms in total. The first-order chi connectivity index (χ1) is 13.9. The van der Waals surface area contributed by atoms with E-state index in [0.29, 0.717) is 16.9 Å². The maximum atomic E-state index is 12.9. The van der Waals surface area contributed by atoms with Crippen molar-refractivity contribution >= 4 is 33.3 Å². The number of carboxylic acids is 1. The van der Waals surface area contributed by atoms with E-state index in [9.17, 15) is 32.7 Å². The number of hydrogen-bond donors (Lipinski definition) is 3. The SMILES string of the molecule is CC(NC(=O)c1c(O)c2ccc(-c3cc(C(F)(F)F)nn3C)cc2sc1=O)C(=O)O. The lowest BCUT2D eigenvalue weighted by molar-refractivity contribution is -0.141. The van der Waals surface area contributed by atoms with Crippen LogP contribution in [-0.4, -0.2) is 37.9 Å². The number of halogens is 3. The van der Waals surface area contributed by atoms with Crippen molar-refractivity contribution < 1.29 is 33.0 Å². The molecular formula is C18H14F3N3O5S. The van der Waals surface area contributed by atoms with Crippen molar-refractivity contribution in [3.63, 3.8) is 0 Å². The molecule has 2 heterocycles. The fourth-order valence-corrected chi connectivity index (χ4v) is 3.70. The maximum Gasteiger partial charge on any atom is 0.435 e. The molecule has 0 aliphatic rings. The van der Waals surface area contributed by atoms with Crippen molar-refractivity contribution in [2.24, 2.45) is 7.05 Å². The van der Waals surface area contributed by atoms with E-state index in [2.05, 4.69) is 10.4 Å². The van der Waals surface area contributed by atoms with Crippen molar-refractivity contribution in [1.29, 1.82) is 0 Å². The van der Waals surface area contributed by atoms with E-state index in [4.69, 9.17) is 5.11 Å². The Labute approximate surface area is 170 Å². The molecule has 3 aromatic rings. The van der Waals surface area contributed by atoms with Crippen molar-refractivity contribution in [1.82, 2.24) is 15.1 Å². The molecule has 3 rings (SSSR count). The largest absolute Gasteiger partial charge is 0.506 e. The zero-order valence-electron chi connectivity index (χ0n) is 15.4. The Hall–Kier alpha value is -3.41. The summed E-state index contributed by atoms with van der Waals surface area (Å²) < 4.78 is 39.1. The highest BCUT2D eigenvalue weighted by atomic mass is 32.1. The van der Waals surface area contributed by atoms with Gasteiger partial charge in [0.25, 0.3) is 5.91 Å². The predicted molar refractivity (Wildman–Crippen MR) is 102 cm³/mol. The number of aromatic hydroxyl groups is 1. The lowest BCUT2D eigenvalue weighted by atomic mass is 10.1. The molecule has 158 valence electrons. The molecule has 0 aliphatic carbocycles. The molecule has 0 saturated heterocycles. The first-order valence-electron chi connectivity index (χ1n) is 8.35. The molecule has 2 aromatic heterocycles. The summed E-state index contributed by atoms with van der Waals surface area (Å²) in [4.78, 5) is 35.5. The van der Waals surface area contributed by atoms with Crippen molar-refractivity contribution in [3.05, 3.63) is 45.1 Å². The minimum Gasteiger partial charge on any atom is -0.506 e. The lowest BCUT2D eigenvalue weighted by Gasteiger charge is -2.11. The molecule has 1 atom stereocenters. The summed E-state index contributed by atoms with van der Waals surface area (Å²) in [5, 5.41) is 24.9. The van der Waals surface area contributed by atoms with Gasteiger partial charge in [0.2, 0.25) is 4.74 Å². The number of benzene rings is 1. The van der Waals surface area contributed by atoms with Crippen LogP contribution in [0.15, 0.2) is 29.1 Å². The molecule has 1 amide bonds. The number of aryl methyl sites for hydroxylation is 1. The normalized spacial score (nSPS) is 12.7. The standard InChI is InChI=1S/C18H14F3N3O5S/c1-7(16(27)28)22-15(26)13-14(25)9-4-3-8(5-11(9)30-17(13)29)10-6-12(18(19,20)21)23-24(10)2/h3-7,25H,1-2H3,(H,22,26)(H,27,28). The van der Waals surface area contributed by atoms with E-state index in [1.807, 2.05) is 0 Å². The third-order valence-electron chi connectivity index (χ3n) is 4.29. The number of carbonyl (C=O) groups excluding carboxylic acids is 1. The Morgan fingerprint density at radius 1 is 1.27 bits per heavy atom. The van der Waals surface area contributed by atoms with E-state index in [-0.39, 0.29) is 15.8 Å². The van der Waals surface area contributed by atoms with Crippen LogP contribution in [-0.2, 0) is 18.0 Å². The smallest absolute Gasteiger partial charge is 0.435 e. The Morgan fingerprint density at radius 3 is 2.50 bits per heavy atom. The van der Waals surface area contributed by atoms with E-state index in [1.165, 1.54) is 32.2 Å². The molecule has 0 fully saturated rings. The number of nitrogens with zero attached hydrogens (tertiary/aromatic N) is 2. The molecule has 3 N–H and O–H groups in total. The van der Waals surface area contributed by atoms with E-state index in [0.717, 1.165) is 10.7 Å². The van der Waals surface area contributed by atoms with Crippen LogP contribution in [0, 0.1) is 0 Å². The van der Waals surface area contributed by atoms with Crippen molar-refractivity contribution in [2.45, 2.75) is 19.1 Å². The molecule has 12 heteroatoms. The zero-order valence-corrected chi connectivity index (χ0v) is 16.3. The third kappa shape index (κ3) is 3.85. The summed E-state index contributed by atoms with van der Waals surface area (Å²) in [5.74, 6) is -3.01. The number of carbonyl (C=O) groups is 2. The van der Waals surface area contributed by atoms with Crippen LogP contribution in [0.3, 0.4) is 0 Å². The topological polar surface area (TPSA) is 122 Å². The summed E-state index contributed by atoms with van der Waals surface area (Å²) in [6, 6.07) is 3.75. The molecule has 0 radical (unpaired) electrons. The zero-order chi connectivity index (χ0) is 22.4. The minimum absolute atomic E-state index is 0.120. The van der Waals surface area contributed by atoms with Crippen molar-refractivity contribution in [3.8, 4) is 17.0 Å². The number of carboxylic acid groups (broad SMARTS) is 1. The minimum atomic E-state index is -4.62. The van der Waals surface area contributed by atoms with Crippen LogP contribution in [0.4, 0.5) is 13.2 Å². The summed E-state index contributed by atoms with van der Waals surface area (Å²) >= 11 is 0.598. The second-order valence-electron chi connectivity index (χ2n) is 6.39. The average Bonchev–Trinajstić information content (AvgIpc) is 3.03. The van der Waals surface area contributed by atoms with E-state index in [1.54, 1.807) is 0 Å². The average molecular weight is 441 g/mol. The second-order valence-corrected chi connectivity index (χ2v) is 7.41. The molecule has 0 aliphatic heterocycles. The Morgan fingerprint density at radius 2 is 1.93 bits per heavy atom. The van der Waals surface area contributed by atoms with Gasteiger partial charge in [0.1, 0.15) is 17.4 Å². The number of rotatable bonds is 4. The molecule has 30 heavy (non-hydrogen) atoms. The summed E-state index contributed by atoms with van der Waals surface area (Å²) in [5.41, 5.74) is -1.22. The van der Waals surface area contributed by atoms with Gasteiger partial charge in [-0.1, -0.05) is 17.4 Å². The molecular weight excluding hydrogens is 427 g/mol. The number of hydrogen-bond acceptors (Lipinski definition) is 6. The lowest BCUT2D eigenvalue weighted by Crippen LogP contribution is -2.39. The monoisotopic (exact) mass is 441 g/mol. The molecule has 0 bridgehead atoms. The Kier molecular flexibility index (Phi) is 5.29. The predicted octanol–water partition coefficient (Wildman–Crippen LogP) is 2.59. The molecule has 1 unspecified atom stereocenters. The number of fused-ring (bicyclic) bond motifs is 1. The Balaban J connectivity index is 2.08. The quantitative estimate of drug-likeness (QED) is 0.572. The van der Waals surface area contributed by atoms with Crippen LogP contribution in [0.2, 0.25) is 0 Å². The van der Waals surface area contributed by atoms with Crippen LogP contribution in [0.5, 0.6) is 5.75 Å².